The van der Waals surface area contributed by atoms with Crippen LogP contribution in [0.15, 0.2) is 36.4 Å². The normalized spacial score (nSPS) is 23.3. The van der Waals surface area contributed by atoms with Crippen LogP contribution in [0.5, 0.6) is 0 Å². The molecular weight excluding hydrogens is 262 g/mol. The molecule has 2 aromatic rings. The van der Waals surface area contributed by atoms with E-state index in [1.54, 1.807) is 0 Å². The number of likely N-dealkylation sites (tertiary alicyclic amines) is 1. The van der Waals surface area contributed by atoms with Crippen LogP contribution < -0.4 is 0 Å². The molecule has 2 atom stereocenters. The predicted molar refractivity (Wildman–Crippen MR) is 83.7 cm³/mol. The lowest BCUT2D eigenvalue weighted by Gasteiger charge is -2.37. The van der Waals surface area contributed by atoms with Gasteiger partial charge in [0.05, 0.1) is 5.69 Å². The van der Waals surface area contributed by atoms with Gasteiger partial charge in [-0.15, -0.1) is 0 Å². The van der Waals surface area contributed by atoms with E-state index in [4.69, 9.17) is 0 Å². The number of nitrogens with zero attached hydrogens (tertiary/aromatic N) is 2. The van der Waals surface area contributed by atoms with Crippen molar-refractivity contribution in [2.75, 3.05) is 13.2 Å². The van der Waals surface area contributed by atoms with Crippen LogP contribution in [0.3, 0.4) is 0 Å². The largest absolute Gasteiger partial charge is 0.396 e. The second-order valence-corrected chi connectivity index (χ2v) is 6.05. The van der Waals surface area contributed by atoms with Gasteiger partial charge in [0, 0.05) is 37.0 Å². The number of aliphatic hydroxyl groups is 1. The molecule has 21 heavy (non-hydrogen) atoms. The van der Waals surface area contributed by atoms with E-state index in [0.717, 1.165) is 42.9 Å². The first-order chi connectivity index (χ1) is 10.3. The summed E-state index contributed by atoms with van der Waals surface area (Å²) in [6.45, 7) is 4.40. The van der Waals surface area contributed by atoms with Crippen molar-refractivity contribution in [3.8, 4) is 11.3 Å². The fraction of sp³-hybridized carbons (Fsp3) is 0.471. The Morgan fingerprint density at radius 2 is 2.10 bits per heavy atom. The van der Waals surface area contributed by atoms with Crippen LogP contribution in [0.4, 0.5) is 0 Å². The van der Waals surface area contributed by atoms with E-state index < -0.39 is 0 Å². The maximum atomic E-state index is 9.37. The first kappa shape index (κ1) is 14.3. The average molecular weight is 285 g/mol. The average Bonchev–Trinajstić information content (AvgIpc) is 2.99. The Balaban J connectivity index is 1.69. The quantitative estimate of drug-likeness (QED) is 0.908. The molecule has 0 radical (unpaired) electrons. The van der Waals surface area contributed by atoms with Gasteiger partial charge in [-0.1, -0.05) is 30.3 Å². The van der Waals surface area contributed by atoms with Crippen LogP contribution in [0, 0.1) is 5.92 Å². The van der Waals surface area contributed by atoms with E-state index in [1.807, 2.05) is 18.2 Å². The van der Waals surface area contributed by atoms with E-state index in [9.17, 15) is 5.11 Å². The molecule has 0 spiro atoms. The van der Waals surface area contributed by atoms with Crippen LogP contribution >= 0.6 is 0 Å². The highest BCUT2D eigenvalue weighted by Crippen LogP contribution is 2.24. The number of rotatable bonds is 4. The fourth-order valence-corrected chi connectivity index (χ4v) is 3.05. The Bertz CT molecular complexity index is 566. The summed E-state index contributed by atoms with van der Waals surface area (Å²) in [5.74, 6) is 0.415. The lowest BCUT2D eigenvalue weighted by atomic mass is 9.94. The molecule has 112 valence electrons. The highest BCUT2D eigenvalue weighted by molar-refractivity contribution is 5.58. The number of aliphatic hydroxyl groups excluding tert-OH is 1. The lowest BCUT2D eigenvalue weighted by molar-refractivity contribution is 0.0762. The number of aromatic amines is 1. The first-order valence-electron chi connectivity index (χ1n) is 7.71. The zero-order chi connectivity index (χ0) is 14.7. The van der Waals surface area contributed by atoms with E-state index in [0.29, 0.717) is 18.6 Å². The molecule has 0 amide bonds. The summed E-state index contributed by atoms with van der Waals surface area (Å²) >= 11 is 0. The van der Waals surface area contributed by atoms with Crippen LogP contribution in [0.1, 0.15) is 25.5 Å². The number of H-pyrrole nitrogens is 1. The van der Waals surface area contributed by atoms with Gasteiger partial charge in [-0.05, 0) is 31.7 Å². The first-order valence-corrected chi connectivity index (χ1v) is 7.71. The van der Waals surface area contributed by atoms with Crippen molar-refractivity contribution in [1.29, 1.82) is 0 Å². The molecule has 1 aromatic carbocycles. The molecule has 2 unspecified atom stereocenters. The van der Waals surface area contributed by atoms with Crippen molar-refractivity contribution in [3.63, 3.8) is 0 Å². The highest BCUT2D eigenvalue weighted by Gasteiger charge is 2.25. The van der Waals surface area contributed by atoms with Crippen molar-refractivity contribution in [3.05, 3.63) is 42.1 Å². The van der Waals surface area contributed by atoms with E-state index >= 15 is 0 Å². The van der Waals surface area contributed by atoms with Crippen LogP contribution in [0.25, 0.3) is 11.3 Å². The number of nitrogens with one attached hydrogen (secondary N) is 1. The third-order valence-corrected chi connectivity index (χ3v) is 4.44. The summed E-state index contributed by atoms with van der Waals surface area (Å²) in [7, 11) is 0. The molecule has 3 rings (SSSR count). The smallest absolute Gasteiger partial charge is 0.0924 e. The molecule has 1 fully saturated rings. The number of benzene rings is 1. The number of piperidine rings is 1. The molecule has 4 heteroatoms. The van der Waals surface area contributed by atoms with Crippen LogP contribution in [-0.4, -0.2) is 39.4 Å². The predicted octanol–water partition coefficient (Wildman–Crippen LogP) is 2.67. The van der Waals surface area contributed by atoms with E-state index in [1.165, 1.54) is 0 Å². The second-order valence-electron chi connectivity index (χ2n) is 6.05. The van der Waals surface area contributed by atoms with E-state index in [2.05, 4.69) is 40.2 Å². The molecule has 1 saturated heterocycles. The summed E-state index contributed by atoms with van der Waals surface area (Å²) < 4.78 is 0. The van der Waals surface area contributed by atoms with Crippen molar-refractivity contribution < 1.29 is 5.11 Å². The monoisotopic (exact) mass is 285 g/mol. The van der Waals surface area contributed by atoms with E-state index in [-0.39, 0.29) is 0 Å². The summed E-state index contributed by atoms with van der Waals surface area (Å²) in [6.07, 6.45) is 2.29. The Hall–Kier alpha value is -1.65. The molecule has 0 saturated carbocycles. The molecular formula is C17H23N3O. The SMILES string of the molecule is CC1CCC(CO)CN1Cc1cc(-c2ccccc2)n[nH]1. The zero-order valence-corrected chi connectivity index (χ0v) is 12.5. The molecule has 4 nitrogen and oxygen atoms in total. The van der Waals surface area contributed by atoms with Gasteiger partial charge in [-0.25, -0.2) is 0 Å². The topological polar surface area (TPSA) is 52.1 Å². The standard InChI is InChI=1S/C17H23N3O/c1-13-7-8-14(12-21)10-20(13)11-16-9-17(19-18-16)15-5-3-2-4-6-15/h2-6,9,13-14,21H,7-8,10-12H2,1H3,(H,18,19). The maximum absolute atomic E-state index is 9.37. The van der Waals surface area contributed by atoms with Gasteiger partial charge in [0.2, 0.25) is 0 Å². The fourth-order valence-electron chi connectivity index (χ4n) is 3.05. The lowest BCUT2D eigenvalue weighted by Crippen LogP contribution is -2.42. The van der Waals surface area contributed by atoms with Crippen molar-refractivity contribution >= 4 is 0 Å². The van der Waals surface area contributed by atoms with Crippen molar-refractivity contribution in [2.45, 2.75) is 32.4 Å². The van der Waals surface area contributed by atoms with Gasteiger partial charge < -0.3 is 5.11 Å². The minimum atomic E-state index is 0.293. The van der Waals surface area contributed by atoms with Gasteiger partial charge >= 0.3 is 0 Å². The Morgan fingerprint density at radius 1 is 1.29 bits per heavy atom. The number of hydrogen-bond donors (Lipinski definition) is 2. The minimum absolute atomic E-state index is 0.293. The minimum Gasteiger partial charge on any atom is -0.396 e. The van der Waals surface area contributed by atoms with Crippen molar-refractivity contribution in [1.82, 2.24) is 15.1 Å². The summed E-state index contributed by atoms with van der Waals surface area (Å²) in [4.78, 5) is 2.44. The second kappa shape index (κ2) is 6.41. The third-order valence-electron chi connectivity index (χ3n) is 4.44. The van der Waals surface area contributed by atoms with Crippen LogP contribution in [0.2, 0.25) is 0 Å². The molecule has 1 aliphatic rings. The molecule has 1 aliphatic heterocycles. The number of hydrogen-bond acceptors (Lipinski definition) is 3. The van der Waals surface area contributed by atoms with Crippen molar-refractivity contribution in [2.24, 2.45) is 5.92 Å². The maximum Gasteiger partial charge on any atom is 0.0924 e. The zero-order valence-electron chi connectivity index (χ0n) is 12.5. The van der Waals surface area contributed by atoms with Gasteiger partial charge in [0.15, 0.2) is 0 Å². The summed E-state index contributed by atoms with van der Waals surface area (Å²) in [6, 6.07) is 12.9. The van der Waals surface area contributed by atoms with Gasteiger partial charge in [-0.2, -0.15) is 5.10 Å². The highest BCUT2D eigenvalue weighted by atomic mass is 16.3. The molecule has 0 aliphatic carbocycles. The molecule has 2 heterocycles. The Kier molecular flexibility index (Phi) is 4.36. The molecule has 0 bridgehead atoms. The Morgan fingerprint density at radius 3 is 2.86 bits per heavy atom. The number of aromatic nitrogens is 2. The van der Waals surface area contributed by atoms with Gasteiger partial charge in [0.25, 0.3) is 0 Å². The van der Waals surface area contributed by atoms with Gasteiger partial charge in [-0.3, -0.25) is 10.00 Å². The molecule has 1 aromatic heterocycles. The van der Waals surface area contributed by atoms with Gasteiger partial charge in [0.1, 0.15) is 0 Å². The van der Waals surface area contributed by atoms with Crippen LogP contribution in [-0.2, 0) is 6.54 Å². The molecule has 2 N–H and O–H groups in total. The Labute approximate surface area is 125 Å². The summed E-state index contributed by atoms with van der Waals surface area (Å²) in [5, 5.41) is 16.9. The third kappa shape index (κ3) is 3.34. The summed E-state index contributed by atoms with van der Waals surface area (Å²) in [5.41, 5.74) is 3.27.